The van der Waals surface area contributed by atoms with Crippen molar-refractivity contribution < 1.29 is 21.2 Å². The molecule has 0 saturated carbocycles. The summed E-state index contributed by atoms with van der Waals surface area (Å²) in [4.78, 5) is -0.219. The molecule has 1 heterocycles. The van der Waals surface area contributed by atoms with E-state index in [4.69, 9.17) is 5.73 Å². The Balaban J connectivity index is 2.32. The molecule has 20 heavy (non-hydrogen) atoms. The highest BCUT2D eigenvalue weighted by Crippen LogP contribution is 2.21. The lowest BCUT2D eigenvalue weighted by molar-refractivity contribution is 0.434. The molecule has 0 radical (unpaired) electrons. The van der Waals surface area contributed by atoms with E-state index in [1.807, 2.05) is 0 Å². The van der Waals surface area contributed by atoms with Gasteiger partial charge in [-0.25, -0.2) is 21.2 Å². The van der Waals surface area contributed by atoms with Crippen LogP contribution in [-0.2, 0) is 19.9 Å². The molecule has 112 valence electrons. The summed E-state index contributed by atoms with van der Waals surface area (Å²) >= 11 is 0. The van der Waals surface area contributed by atoms with Gasteiger partial charge in [0.15, 0.2) is 9.84 Å². The van der Waals surface area contributed by atoms with Crippen molar-refractivity contribution in [2.45, 2.75) is 11.3 Å². The number of rotatable bonds is 2. The van der Waals surface area contributed by atoms with Gasteiger partial charge in [0.1, 0.15) is 5.82 Å². The van der Waals surface area contributed by atoms with Crippen LogP contribution in [0.1, 0.15) is 6.42 Å². The van der Waals surface area contributed by atoms with Gasteiger partial charge in [0, 0.05) is 13.1 Å². The predicted molar refractivity (Wildman–Crippen MR) is 72.8 cm³/mol. The molecular weight excluding hydrogens is 307 g/mol. The number of benzene rings is 1. The second-order valence-corrected chi connectivity index (χ2v) is 8.83. The molecule has 0 unspecified atom stereocenters. The third-order valence-electron chi connectivity index (χ3n) is 3.12. The van der Waals surface area contributed by atoms with Gasteiger partial charge in [-0.05, 0) is 24.6 Å². The second kappa shape index (κ2) is 5.30. The largest absolute Gasteiger partial charge is 0.396 e. The number of anilines is 1. The van der Waals surface area contributed by atoms with Crippen molar-refractivity contribution >= 4 is 25.5 Å². The molecule has 2 rings (SSSR count). The molecule has 1 aromatic carbocycles. The molecule has 0 bridgehead atoms. The zero-order valence-electron chi connectivity index (χ0n) is 10.6. The Labute approximate surface area is 117 Å². The number of halogens is 1. The van der Waals surface area contributed by atoms with Gasteiger partial charge in [0.2, 0.25) is 10.0 Å². The number of sulfone groups is 1. The summed E-state index contributed by atoms with van der Waals surface area (Å²) in [5.41, 5.74) is 5.17. The third-order valence-corrected chi connectivity index (χ3v) is 6.73. The van der Waals surface area contributed by atoms with Crippen molar-refractivity contribution in [1.82, 2.24) is 4.31 Å². The molecule has 9 heteroatoms. The molecule has 0 amide bonds. The van der Waals surface area contributed by atoms with E-state index in [-0.39, 0.29) is 41.6 Å². The average molecular weight is 322 g/mol. The van der Waals surface area contributed by atoms with Gasteiger partial charge >= 0.3 is 0 Å². The number of nitrogens with zero attached hydrogens (tertiary/aromatic N) is 1. The molecular formula is C11H15FN2O4S2. The van der Waals surface area contributed by atoms with Gasteiger partial charge in [-0.2, -0.15) is 4.31 Å². The number of hydrogen-bond donors (Lipinski definition) is 1. The molecule has 0 atom stereocenters. The summed E-state index contributed by atoms with van der Waals surface area (Å²) in [6, 6.07) is 3.24. The Morgan fingerprint density at radius 2 is 1.90 bits per heavy atom. The van der Waals surface area contributed by atoms with Crippen LogP contribution in [0.5, 0.6) is 0 Å². The predicted octanol–water partition coefficient (Wildman–Crippen LogP) is 0.217. The smallest absolute Gasteiger partial charge is 0.243 e. The van der Waals surface area contributed by atoms with E-state index in [2.05, 4.69) is 0 Å². The van der Waals surface area contributed by atoms with Crippen molar-refractivity contribution in [3.8, 4) is 0 Å². The lowest BCUT2D eigenvalue weighted by Gasteiger charge is -2.19. The van der Waals surface area contributed by atoms with Crippen LogP contribution in [0.15, 0.2) is 23.1 Å². The van der Waals surface area contributed by atoms with E-state index in [1.165, 1.54) is 12.1 Å². The highest BCUT2D eigenvalue weighted by Gasteiger charge is 2.29. The lowest BCUT2D eigenvalue weighted by Crippen LogP contribution is -2.33. The van der Waals surface area contributed by atoms with Gasteiger partial charge in [-0.1, -0.05) is 0 Å². The third kappa shape index (κ3) is 3.10. The van der Waals surface area contributed by atoms with Crippen LogP contribution in [0, 0.1) is 5.82 Å². The van der Waals surface area contributed by atoms with Gasteiger partial charge in [-0.3, -0.25) is 0 Å². The fraction of sp³-hybridized carbons (Fsp3) is 0.455. The zero-order valence-corrected chi connectivity index (χ0v) is 12.3. The Bertz CT molecular complexity index is 716. The number of nitrogens with two attached hydrogens (primary N) is 1. The van der Waals surface area contributed by atoms with Crippen molar-refractivity contribution in [3.05, 3.63) is 24.0 Å². The Morgan fingerprint density at radius 3 is 2.55 bits per heavy atom. The van der Waals surface area contributed by atoms with Crippen LogP contribution in [0.25, 0.3) is 0 Å². The Hall–Kier alpha value is -1.19. The maximum atomic E-state index is 13.4. The maximum absolute atomic E-state index is 13.4. The van der Waals surface area contributed by atoms with Crippen LogP contribution in [-0.4, -0.2) is 45.7 Å². The molecule has 2 N–H and O–H groups in total. The minimum Gasteiger partial charge on any atom is -0.396 e. The van der Waals surface area contributed by atoms with E-state index < -0.39 is 25.7 Å². The first-order valence-corrected chi connectivity index (χ1v) is 9.24. The van der Waals surface area contributed by atoms with Crippen LogP contribution < -0.4 is 5.73 Å². The van der Waals surface area contributed by atoms with E-state index in [0.717, 1.165) is 10.4 Å². The average Bonchev–Trinajstić information content (AvgIpc) is 2.54. The van der Waals surface area contributed by atoms with Crippen LogP contribution in [0.3, 0.4) is 0 Å². The molecule has 0 aromatic heterocycles. The van der Waals surface area contributed by atoms with Crippen molar-refractivity contribution in [2.75, 3.05) is 30.3 Å². The van der Waals surface area contributed by atoms with Gasteiger partial charge < -0.3 is 5.73 Å². The summed E-state index contributed by atoms with van der Waals surface area (Å²) in [6.45, 7) is -0.00970. The number of sulfonamides is 1. The summed E-state index contributed by atoms with van der Waals surface area (Å²) in [6.07, 6.45) is 0.235. The van der Waals surface area contributed by atoms with Gasteiger partial charge in [-0.15, -0.1) is 0 Å². The molecule has 1 saturated heterocycles. The molecule has 1 aromatic rings. The quantitative estimate of drug-likeness (QED) is 0.785. The Kier molecular flexibility index (Phi) is 4.03. The molecule has 6 nitrogen and oxygen atoms in total. The first kappa shape index (κ1) is 15.2. The first-order valence-electron chi connectivity index (χ1n) is 5.98. The van der Waals surface area contributed by atoms with Gasteiger partial charge in [0.05, 0.1) is 22.1 Å². The van der Waals surface area contributed by atoms with Crippen LogP contribution in [0.2, 0.25) is 0 Å². The fourth-order valence-electron chi connectivity index (χ4n) is 1.97. The van der Waals surface area contributed by atoms with Crippen LogP contribution in [0.4, 0.5) is 10.1 Å². The van der Waals surface area contributed by atoms with E-state index in [9.17, 15) is 21.2 Å². The van der Waals surface area contributed by atoms with Crippen molar-refractivity contribution in [1.29, 1.82) is 0 Å². The molecule has 1 aliphatic heterocycles. The number of nitrogen functional groups attached to an aromatic ring is 1. The second-order valence-electron chi connectivity index (χ2n) is 4.59. The zero-order chi connectivity index (χ0) is 15.0. The lowest BCUT2D eigenvalue weighted by atomic mass is 10.3. The minimum atomic E-state index is -3.90. The van der Waals surface area contributed by atoms with Crippen molar-refractivity contribution in [3.63, 3.8) is 0 Å². The molecule has 0 aliphatic carbocycles. The normalized spacial score (nSPS) is 20.4. The number of hydrogen-bond acceptors (Lipinski definition) is 5. The molecule has 1 fully saturated rings. The maximum Gasteiger partial charge on any atom is 0.243 e. The van der Waals surface area contributed by atoms with Gasteiger partial charge in [0.25, 0.3) is 0 Å². The highest BCUT2D eigenvalue weighted by molar-refractivity contribution is 7.91. The SMILES string of the molecule is Nc1ccc(S(=O)(=O)N2CCCS(=O)(=O)CC2)cc1F. The van der Waals surface area contributed by atoms with E-state index in [0.29, 0.717) is 0 Å². The molecule has 1 aliphatic rings. The summed E-state index contributed by atoms with van der Waals surface area (Å²) in [5.74, 6) is -1.06. The minimum absolute atomic E-state index is 0.0326. The van der Waals surface area contributed by atoms with E-state index in [1.54, 1.807) is 0 Å². The topological polar surface area (TPSA) is 97.5 Å². The highest BCUT2D eigenvalue weighted by atomic mass is 32.2. The fourth-order valence-corrected chi connectivity index (χ4v) is 4.85. The summed E-state index contributed by atoms with van der Waals surface area (Å²) in [7, 11) is -7.11. The Morgan fingerprint density at radius 1 is 1.20 bits per heavy atom. The monoisotopic (exact) mass is 322 g/mol. The van der Waals surface area contributed by atoms with Crippen LogP contribution >= 0.6 is 0 Å². The first-order chi connectivity index (χ1) is 9.22. The summed E-state index contributed by atoms with van der Waals surface area (Å²) in [5, 5.41) is 0. The summed E-state index contributed by atoms with van der Waals surface area (Å²) < 4.78 is 62.1. The van der Waals surface area contributed by atoms with E-state index >= 15 is 0 Å². The molecule has 0 spiro atoms. The standard InChI is InChI=1S/C11H15FN2O4S2/c12-10-8-9(2-3-11(10)13)20(17,18)14-4-1-6-19(15,16)7-5-14/h2-3,8H,1,4-7,13H2. The van der Waals surface area contributed by atoms with Crippen molar-refractivity contribution in [2.24, 2.45) is 0 Å².